The second-order valence-corrected chi connectivity index (χ2v) is 7.19. The molecule has 0 aromatic carbocycles. The summed E-state index contributed by atoms with van der Waals surface area (Å²) in [4.78, 5) is 52.2. The third kappa shape index (κ3) is 4.09. The van der Waals surface area contributed by atoms with E-state index >= 15 is 0 Å². The van der Waals surface area contributed by atoms with Gasteiger partial charge in [0, 0.05) is 36.3 Å². The lowest BCUT2D eigenvalue weighted by molar-refractivity contribution is -0.150. The highest BCUT2D eigenvalue weighted by molar-refractivity contribution is 8.00. The van der Waals surface area contributed by atoms with E-state index < -0.39 is 29.3 Å². The van der Waals surface area contributed by atoms with Crippen LogP contribution in [-0.4, -0.2) is 69.1 Å². The molecule has 1 aromatic rings. The van der Waals surface area contributed by atoms with Crippen molar-refractivity contribution in [2.75, 3.05) is 24.2 Å². The van der Waals surface area contributed by atoms with Crippen LogP contribution in [0.2, 0.25) is 0 Å². The van der Waals surface area contributed by atoms with Crippen LogP contribution in [0.1, 0.15) is 6.92 Å². The second kappa shape index (κ2) is 8.30. The Balaban J connectivity index is 1.62. The molecule has 2 amide bonds. The number of nitrogens with zero attached hydrogens (tertiary/aromatic N) is 2. The Morgan fingerprint density at radius 2 is 2.07 bits per heavy atom. The lowest BCUT2D eigenvalue weighted by Gasteiger charge is -2.49. The standard InChI is InChI=1S/C17H18N4O6S/c1-9(22)27-7-10-8-28-16-13(15(24)21(16)14(10)17(25)26)20-12(23)6-19-11-2-4-18-5-3-11/h2-5,13,16H,6-8H2,1H3,(H,18,19)(H,20,23)(H,25,26). The van der Waals surface area contributed by atoms with Crippen molar-refractivity contribution in [3.8, 4) is 0 Å². The lowest BCUT2D eigenvalue weighted by Crippen LogP contribution is -2.71. The first-order valence-electron chi connectivity index (χ1n) is 8.35. The molecular weight excluding hydrogens is 388 g/mol. The Hall–Kier alpha value is -3.08. The molecule has 2 unspecified atom stereocenters. The van der Waals surface area contributed by atoms with Crippen LogP contribution in [0.5, 0.6) is 0 Å². The first-order valence-corrected chi connectivity index (χ1v) is 9.40. The molecule has 1 saturated heterocycles. The Kier molecular flexibility index (Phi) is 5.83. The van der Waals surface area contributed by atoms with E-state index in [4.69, 9.17) is 4.74 Å². The number of aliphatic carboxylic acids is 1. The van der Waals surface area contributed by atoms with Gasteiger partial charge in [0.05, 0.1) is 6.54 Å². The van der Waals surface area contributed by atoms with Crippen LogP contribution in [0.15, 0.2) is 35.8 Å². The van der Waals surface area contributed by atoms with Gasteiger partial charge in [0.15, 0.2) is 0 Å². The van der Waals surface area contributed by atoms with Crippen molar-refractivity contribution in [3.63, 3.8) is 0 Å². The normalized spacial score (nSPS) is 20.8. The number of β-lactam (4-membered cyclic amide) rings is 1. The summed E-state index contributed by atoms with van der Waals surface area (Å²) >= 11 is 1.31. The number of anilines is 1. The number of carboxylic acid groups (broad SMARTS) is 1. The summed E-state index contributed by atoms with van der Waals surface area (Å²) < 4.78 is 4.88. The zero-order valence-corrected chi connectivity index (χ0v) is 15.7. The molecule has 1 fully saturated rings. The molecule has 2 aliphatic rings. The van der Waals surface area contributed by atoms with Crippen LogP contribution in [-0.2, 0) is 23.9 Å². The number of fused-ring (bicyclic) bond motifs is 1. The predicted octanol–water partition coefficient (Wildman–Crippen LogP) is -0.205. The van der Waals surface area contributed by atoms with Crippen LogP contribution in [0, 0.1) is 0 Å². The van der Waals surface area contributed by atoms with Crippen LogP contribution in [0.25, 0.3) is 0 Å². The third-order valence-electron chi connectivity index (χ3n) is 4.15. The second-order valence-electron chi connectivity index (χ2n) is 6.08. The maximum Gasteiger partial charge on any atom is 0.352 e. The number of aromatic nitrogens is 1. The molecule has 3 rings (SSSR count). The highest BCUT2D eigenvalue weighted by Gasteiger charge is 2.54. The van der Waals surface area contributed by atoms with E-state index in [1.54, 1.807) is 24.5 Å². The average molecular weight is 406 g/mol. The van der Waals surface area contributed by atoms with Crippen molar-refractivity contribution in [1.82, 2.24) is 15.2 Å². The van der Waals surface area contributed by atoms with Gasteiger partial charge in [-0.15, -0.1) is 11.8 Å². The first-order chi connectivity index (χ1) is 13.4. The minimum Gasteiger partial charge on any atom is -0.477 e. The number of pyridine rings is 1. The first kappa shape index (κ1) is 19.7. The number of carboxylic acids is 1. The van der Waals surface area contributed by atoms with E-state index in [9.17, 15) is 24.3 Å². The number of thioether (sulfide) groups is 1. The molecule has 0 spiro atoms. The highest BCUT2D eigenvalue weighted by Crippen LogP contribution is 2.40. The largest absolute Gasteiger partial charge is 0.477 e. The maximum atomic E-state index is 12.5. The van der Waals surface area contributed by atoms with Gasteiger partial charge in [-0.05, 0) is 12.1 Å². The monoisotopic (exact) mass is 406 g/mol. The van der Waals surface area contributed by atoms with Gasteiger partial charge < -0.3 is 20.5 Å². The number of amides is 2. The van der Waals surface area contributed by atoms with Crippen molar-refractivity contribution < 1.29 is 29.0 Å². The Morgan fingerprint density at radius 3 is 2.71 bits per heavy atom. The van der Waals surface area contributed by atoms with E-state index in [2.05, 4.69) is 15.6 Å². The number of hydrogen-bond donors (Lipinski definition) is 3. The number of nitrogens with one attached hydrogen (secondary N) is 2. The zero-order valence-electron chi connectivity index (χ0n) is 14.9. The molecule has 0 saturated carbocycles. The van der Waals surface area contributed by atoms with Gasteiger partial charge in [-0.3, -0.25) is 24.3 Å². The molecule has 10 nitrogen and oxygen atoms in total. The molecule has 2 atom stereocenters. The summed E-state index contributed by atoms with van der Waals surface area (Å²) in [5.74, 6) is -2.42. The van der Waals surface area contributed by atoms with E-state index in [0.29, 0.717) is 11.3 Å². The number of esters is 1. The number of carbonyl (C=O) groups is 4. The summed E-state index contributed by atoms with van der Waals surface area (Å²) in [7, 11) is 0. The SMILES string of the molecule is CC(=O)OCC1=C(C(=O)O)N2C(=O)C(NC(=O)CNc3ccncc3)C2SC1. The lowest BCUT2D eigenvalue weighted by atomic mass is 10.0. The zero-order chi connectivity index (χ0) is 20.3. The van der Waals surface area contributed by atoms with Gasteiger partial charge in [0.25, 0.3) is 5.91 Å². The summed E-state index contributed by atoms with van der Waals surface area (Å²) in [6, 6.07) is 2.60. The van der Waals surface area contributed by atoms with Gasteiger partial charge in [-0.2, -0.15) is 0 Å². The van der Waals surface area contributed by atoms with Crippen LogP contribution < -0.4 is 10.6 Å². The fraction of sp³-hybridized carbons (Fsp3) is 0.353. The van der Waals surface area contributed by atoms with E-state index in [1.165, 1.54) is 18.7 Å². The van der Waals surface area contributed by atoms with Crippen molar-refractivity contribution in [2.45, 2.75) is 18.3 Å². The van der Waals surface area contributed by atoms with Gasteiger partial charge in [0.1, 0.15) is 23.7 Å². The quantitative estimate of drug-likeness (QED) is 0.415. The van der Waals surface area contributed by atoms with Gasteiger partial charge in [0.2, 0.25) is 5.91 Å². The minimum absolute atomic E-state index is 0.0372. The summed E-state index contributed by atoms with van der Waals surface area (Å²) in [6.07, 6.45) is 3.17. The Labute approximate surface area is 164 Å². The van der Waals surface area contributed by atoms with Gasteiger partial charge >= 0.3 is 11.9 Å². The van der Waals surface area contributed by atoms with Crippen LogP contribution >= 0.6 is 11.8 Å². The van der Waals surface area contributed by atoms with Crippen LogP contribution in [0.4, 0.5) is 5.69 Å². The Bertz CT molecular complexity index is 843. The molecular formula is C17H18N4O6S. The van der Waals surface area contributed by atoms with E-state index in [0.717, 1.165) is 4.90 Å². The summed E-state index contributed by atoms with van der Waals surface area (Å²) in [5, 5.41) is 14.5. The van der Waals surface area contributed by atoms with Crippen molar-refractivity contribution in [2.24, 2.45) is 0 Å². The van der Waals surface area contributed by atoms with E-state index in [1.807, 2.05) is 0 Å². The molecule has 148 valence electrons. The average Bonchev–Trinajstić information content (AvgIpc) is 2.68. The number of rotatable bonds is 7. The minimum atomic E-state index is -1.27. The topological polar surface area (TPSA) is 138 Å². The molecule has 0 radical (unpaired) electrons. The fourth-order valence-electron chi connectivity index (χ4n) is 2.86. The molecule has 28 heavy (non-hydrogen) atoms. The Morgan fingerprint density at radius 1 is 1.36 bits per heavy atom. The van der Waals surface area contributed by atoms with Gasteiger partial charge in [-0.1, -0.05) is 0 Å². The number of carbonyl (C=O) groups excluding carboxylic acids is 3. The fourth-order valence-corrected chi connectivity index (χ4v) is 4.19. The van der Waals surface area contributed by atoms with Crippen molar-refractivity contribution in [1.29, 1.82) is 0 Å². The summed E-state index contributed by atoms with van der Waals surface area (Å²) in [6.45, 7) is 0.998. The molecule has 2 aliphatic heterocycles. The number of hydrogen-bond acceptors (Lipinski definition) is 8. The third-order valence-corrected chi connectivity index (χ3v) is 5.49. The smallest absolute Gasteiger partial charge is 0.352 e. The number of ether oxygens (including phenoxy) is 1. The predicted molar refractivity (Wildman–Crippen MR) is 99.0 cm³/mol. The molecule has 0 aliphatic carbocycles. The van der Waals surface area contributed by atoms with Crippen LogP contribution in [0.3, 0.4) is 0 Å². The van der Waals surface area contributed by atoms with Crippen molar-refractivity contribution in [3.05, 3.63) is 35.8 Å². The molecule has 0 bridgehead atoms. The molecule has 11 heteroatoms. The highest BCUT2D eigenvalue weighted by atomic mass is 32.2. The molecule has 1 aromatic heterocycles. The molecule has 3 N–H and O–H groups in total. The summed E-state index contributed by atoms with van der Waals surface area (Å²) in [5.41, 5.74) is 0.877. The maximum absolute atomic E-state index is 12.5. The van der Waals surface area contributed by atoms with Crippen molar-refractivity contribution >= 4 is 41.2 Å². The van der Waals surface area contributed by atoms with E-state index in [-0.39, 0.29) is 30.5 Å². The van der Waals surface area contributed by atoms with Gasteiger partial charge in [-0.25, -0.2) is 4.79 Å². The molecule has 3 heterocycles.